The smallest absolute Gasteiger partial charge is 0.0449 e. The molecule has 0 spiro atoms. The number of hydrogen-bond donors (Lipinski definition) is 0. The van der Waals surface area contributed by atoms with Gasteiger partial charge in [0, 0.05) is 10.8 Å². The topological polar surface area (TPSA) is 0 Å². The molecule has 2 aliphatic rings. The summed E-state index contributed by atoms with van der Waals surface area (Å²) in [6.45, 7) is 0. The molecule has 0 saturated carbocycles. The quantitative estimate of drug-likeness (QED) is 0.614. The van der Waals surface area contributed by atoms with Crippen LogP contribution in [0.4, 0.5) is 0 Å². The molecule has 2 aromatic carbocycles. The third-order valence-electron chi connectivity index (χ3n) is 3.65. The Bertz CT molecular complexity index is 720. The van der Waals surface area contributed by atoms with Crippen molar-refractivity contribution in [2.75, 3.05) is 0 Å². The average molecular weight is 234 g/mol. The fourth-order valence-corrected chi connectivity index (χ4v) is 3.14. The van der Waals surface area contributed by atoms with Crippen molar-refractivity contribution >= 4 is 33.9 Å². The second-order valence-electron chi connectivity index (χ2n) is 4.58. The van der Waals surface area contributed by atoms with Crippen LogP contribution in [0.15, 0.2) is 48.6 Å². The number of rotatable bonds is 0. The van der Waals surface area contributed by atoms with E-state index in [-0.39, 0.29) is 0 Å². The third kappa shape index (κ3) is 1.15. The van der Waals surface area contributed by atoms with Crippen LogP contribution < -0.4 is 0 Å². The molecule has 0 nitrogen and oxygen atoms in total. The molecule has 1 unspecified atom stereocenters. The van der Waals surface area contributed by atoms with Gasteiger partial charge in [-0.15, -0.1) is 0 Å². The predicted octanol–water partition coefficient (Wildman–Crippen LogP) is 4.24. The summed E-state index contributed by atoms with van der Waals surface area (Å²) in [7, 11) is 0. The van der Waals surface area contributed by atoms with E-state index in [0.29, 0.717) is 5.92 Å². The Hall–Kier alpha value is -1.73. The largest absolute Gasteiger partial charge is 0.0795 e. The zero-order chi connectivity index (χ0) is 11.4. The highest BCUT2D eigenvalue weighted by Crippen LogP contribution is 2.40. The fourth-order valence-electron chi connectivity index (χ4n) is 2.88. The van der Waals surface area contributed by atoms with Gasteiger partial charge in [0.1, 0.15) is 0 Å². The SMILES string of the molecule is S=C1C=CC2C=Cc3cccc4ccc1c2c34. The van der Waals surface area contributed by atoms with Gasteiger partial charge in [-0.3, -0.25) is 0 Å². The molecule has 0 heterocycles. The summed E-state index contributed by atoms with van der Waals surface area (Å²) < 4.78 is 0. The van der Waals surface area contributed by atoms with Gasteiger partial charge in [-0.05, 0) is 33.5 Å². The monoisotopic (exact) mass is 234 g/mol. The van der Waals surface area contributed by atoms with Gasteiger partial charge >= 0.3 is 0 Å². The molecular weight excluding hydrogens is 224 g/mol. The highest BCUT2D eigenvalue weighted by Gasteiger charge is 2.23. The zero-order valence-corrected chi connectivity index (χ0v) is 10.00. The van der Waals surface area contributed by atoms with E-state index in [1.165, 1.54) is 27.5 Å². The van der Waals surface area contributed by atoms with Crippen LogP contribution in [-0.4, -0.2) is 4.86 Å². The van der Waals surface area contributed by atoms with Gasteiger partial charge in [0.05, 0.1) is 0 Å². The van der Waals surface area contributed by atoms with E-state index in [4.69, 9.17) is 12.2 Å². The van der Waals surface area contributed by atoms with Crippen molar-refractivity contribution in [1.82, 2.24) is 0 Å². The van der Waals surface area contributed by atoms with Crippen molar-refractivity contribution in [2.45, 2.75) is 5.92 Å². The number of allylic oxidation sites excluding steroid dienone is 3. The van der Waals surface area contributed by atoms with Gasteiger partial charge in [-0.1, -0.05) is 60.8 Å². The molecule has 0 bridgehead atoms. The molecule has 0 aromatic heterocycles. The summed E-state index contributed by atoms with van der Waals surface area (Å²) in [6.07, 6.45) is 8.75. The van der Waals surface area contributed by atoms with Crippen LogP contribution >= 0.6 is 12.2 Å². The van der Waals surface area contributed by atoms with Crippen LogP contribution in [0, 0.1) is 0 Å². The Morgan fingerprint density at radius 2 is 1.82 bits per heavy atom. The lowest BCUT2D eigenvalue weighted by molar-refractivity contribution is 1.08. The van der Waals surface area contributed by atoms with Gasteiger partial charge in [0.15, 0.2) is 0 Å². The molecule has 80 valence electrons. The first-order chi connectivity index (χ1) is 8.34. The van der Waals surface area contributed by atoms with E-state index < -0.39 is 0 Å². The Morgan fingerprint density at radius 3 is 2.76 bits per heavy atom. The third-order valence-corrected chi connectivity index (χ3v) is 4.01. The zero-order valence-electron chi connectivity index (χ0n) is 9.18. The average Bonchev–Trinajstić information content (AvgIpc) is 2.38. The molecule has 0 amide bonds. The van der Waals surface area contributed by atoms with Gasteiger partial charge in [-0.2, -0.15) is 0 Å². The van der Waals surface area contributed by atoms with Gasteiger partial charge in [0.25, 0.3) is 0 Å². The van der Waals surface area contributed by atoms with Crippen molar-refractivity contribution in [3.63, 3.8) is 0 Å². The molecule has 0 fully saturated rings. The van der Waals surface area contributed by atoms with Gasteiger partial charge < -0.3 is 0 Å². The maximum absolute atomic E-state index is 5.43. The van der Waals surface area contributed by atoms with Crippen LogP contribution in [0.1, 0.15) is 22.6 Å². The van der Waals surface area contributed by atoms with Gasteiger partial charge in [-0.25, -0.2) is 0 Å². The van der Waals surface area contributed by atoms with E-state index in [1.807, 2.05) is 0 Å². The first-order valence-corrected chi connectivity index (χ1v) is 6.22. The fraction of sp³-hybridized carbons (Fsp3) is 0.0625. The lowest BCUT2D eigenvalue weighted by atomic mass is 9.79. The molecular formula is C16H10S. The maximum atomic E-state index is 5.43. The van der Waals surface area contributed by atoms with Crippen molar-refractivity contribution in [3.8, 4) is 0 Å². The first-order valence-electron chi connectivity index (χ1n) is 5.81. The highest BCUT2D eigenvalue weighted by atomic mass is 32.1. The van der Waals surface area contributed by atoms with Crippen LogP contribution in [0.25, 0.3) is 16.8 Å². The second-order valence-corrected chi connectivity index (χ2v) is 5.02. The van der Waals surface area contributed by atoms with E-state index in [9.17, 15) is 0 Å². The van der Waals surface area contributed by atoms with Crippen molar-refractivity contribution in [3.05, 3.63) is 65.3 Å². The van der Waals surface area contributed by atoms with Gasteiger partial charge in [0.2, 0.25) is 0 Å². The Kier molecular flexibility index (Phi) is 1.72. The Morgan fingerprint density at radius 1 is 0.941 bits per heavy atom. The standard InChI is InChI=1S/C16H10S/c17-14-9-7-12-5-4-10-2-1-3-11-6-8-13(14)16(12)15(10)11/h1-9,12H. The summed E-state index contributed by atoms with van der Waals surface area (Å²) in [5.41, 5.74) is 3.94. The molecule has 0 saturated heterocycles. The Labute approximate surface area is 105 Å². The van der Waals surface area contributed by atoms with E-state index in [1.54, 1.807) is 0 Å². The van der Waals surface area contributed by atoms with Crippen LogP contribution in [-0.2, 0) is 0 Å². The summed E-state index contributed by atoms with van der Waals surface area (Å²) in [4.78, 5) is 0.961. The minimum Gasteiger partial charge on any atom is -0.0795 e. The predicted molar refractivity (Wildman–Crippen MR) is 76.6 cm³/mol. The molecule has 0 radical (unpaired) electrons. The summed E-state index contributed by atoms with van der Waals surface area (Å²) in [5, 5.41) is 2.69. The Balaban J connectivity index is 2.25. The second kappa shape index (κ2) is 3.14. The van der Waals surface area contributed by atoms with E-state index >= 15 is 0 Å². The summed E-state index contributed by atoms with van der Waals surface area (Å²) in [5.74, 6) is 0.398. The lowest BCUT2D eigenvalue weighted by Crippen LogP contribution is -2.11. The number of hydrogen-bond acceptors (Lipinski definition) is 1. The van der Waals surface area contributed by atoms with E-state index in [0.717, 1.165) is 4.86 Å². The van der Waals surface area contributed by atoms with Crippen LogP contribution in [0.2, 0.25) is 0 Å². The number of thiocarbonyl (C=S) groups is 1. The minimum absolute atomic E-state index is 0.398. The molecule has 0 N–H and O–H groups in total. The van der Waals surface area contributed by atoms with Crippen LogP contribution in [0.3, 0.4) is 0 Å². The van der Waals surface area contributed by atoms with Crippen molar-refractivity contribution in [2.24, 2.45) is 0 Å². The lowest BCUT2D eigenvalue weighted by Gasteiger charge is -2.25. The minimum atomic E-state index is 0.398. The molecule has 4 rings (SSSR count). The molecule has 1 atom stereocenters. The maximum Gasteiger partial charge on any atom is 0.0449 e. The van der Waals surface area contributed by atoms with Crippen LogP contribution in [0.5, 0.6) is 0 Å². The summed E-state index contributed by atoms with van der Waals surface area (Å²) >= 11 is 5.43. The molecule has 17 heavy (non-hydrogen) atoms. The molecule has 1 heteroatoms. The highest BCUT2D eigenvalue weighted by molar-refractivity contribution is 7.81. The van der Waals surface area contributed by atoms with E-state index in [2.05, 4.69) is 54.6 Å². The van der Waals surface area contributed by atoms with Crippen molar-refractivity contribution in [1.29, 1.82) is 0 Å². The molecule has 2 aromatic rings. The molecule has 2 aliphatic carbocycles. The number of benzene rings is 2. The first kappa shape index (κ1) is 9.32. The van der Waals surface area contributed by atoms with Crippen molar-refractivity contribution < 1.29 is 0 Å². The normalized spacial score (nSPS) is 20.0. The molecule has 0 aliphatic heterocycles. The summed E-state index contributed by atoms with van der Waals surface area (Å²) in [6, 6.07) is 10.8.